The van der Waals surface area contributed by atoms with Gasteiger partial charge in [-0.2, -0.15) is 0 Å². The van der Waals surface area contributed by atoms with Crippen molar-refractivity contribution in [2.75, 3.05) is 44.2 Å². The highest BCUT2D eigenvalue weighted by Gasteiger charge is 2.31. The molecule has 1 aromatic rings. The third-order valence-electron chi connectivity index (χ3n) is 5.66. The first-order valence-electron chi connectivity index (χ1n) is 9.58. The summed E-state index contributed by atoms with van der Waals surface area (Å²) in [6, 6.07) is 8.21. The number of nitrogens with one attached hydrogen (secondary N) is 1. The molecule has 2 aliphatic rings. The number of hydrogen-bond acceptors (Lipinski definition) is 3. The lowest BCUT2D eigenvalue weighted by Gasteiger charge is -2.24. The van der Waals surface area contributed by atoms with Crippen molar-refractivity contribution in [2.45, 2.75) is 33.1 Å². The molecule has 3 rings (SSSR count). The second kappa shape index (κ2) is 8.02. The average Bonchev–Trinajstić information content (AvgIpc) is 2.98. The Balaban J connectivity index is 1.64. The first kappa shape index (κ1) is 17.3. The van der Waals surface area contributed by atoms with Crippen molar-refractivity contribution in [3.05, 3.63) is 29.8 Å². The van der Waals surface area contributed by atoms with E-state index in [1.165, 1.54) is 5.69 Å². The van der Waals surface area contributed by atoms with Gasteiger partial charge in [-0.25, -0.2) is 0 Å². The highest BCUT2D eigenvalue weighted by atomic mass is 16.2. The highest BCUT2D eigenvalue weighted by Crippen LogP contribution is 2.28. The van der Waals surface area contributed by atoms with Gasteiger partial charge in [0.15, 0.2) is 0 Å². The van der Waals surface area contributed by atoms with Crippen molar-refractivity contribution >= 4 is 11.6 Å². The Labute approximate surface area is 146 Å². The summed E-state index contributed by atoms with van der Waals surface area (Å²) >= 11 is 0. The summed E-state index contributed by atoms with van der Waals surface area (Å²) in [5.74, 6) is 1.72. The van der Waals surface area contributed by atoms with E-state index in [-0.39, 0.29) is 5.91 Å². The zero-order chi connectivity index (χ0) is 16.9. The molecule has 0 unspecified atom stereocenters. The molecule has 1 N–H and O–H groups in total. The smallest absolute Gasteiger partial charge is 0.253 e. The van der Waals surface area contributed by atoms with Crippen LogP contribution in [0.2, 0.25) is 0 Å². The van der Waals surface area contributed by atoms with Gasteiger partial charge in [-0.3, -0.25) is 4.79 Å². The van der Waals surface area contributed by atoms with Gasteiger partial charge in [0.25, 0.3) is 5.91 Å². The quantitative estimate of drug-likeness (QED) is 0.902. The zero-order valence-corrected chi connectivity index (χ0v) is 15.1. The van der Waals surface area contributed by atoms with Crippen LogP contribution in [0.1, 0.15) is 43.5 Å². The fraction of sp³-hybridized carbons (Fsp3) is 0.650. The van der Waals surface area contributed by atoms with E-state index in [1.807, 2.05) is 12.1 Å². The van der Waals surface area contributed by atoms with Crippen molar-refractivity contribution < 1.29 is 4.79 Å². The number of hydrogen-bond donors (Lipinski definition) is 1. The molecule has 1 aromatic carbocycles. The molecule has 1 amide bonds. The normalized spacial score (nSPS) is 23.7. The molecule has 2 aliphatic heterocycles. The molecular weight excluding hydrogens is 298 g/mol. The molecule has 0 bridgehead atoms. The third-order valence-corrected chi connectivity index (χ3v) is 5.66. The maximum Gasteiger partial charge on any atom is 0.253 e. The van der Waals surface area contributed by atoms with Crippen LogP contribution in [0.4, 0.5) is 5.69 Å². The predicted molar refractivity (Wildman–Crippen MR) is 99.6 cm³/mol. The molecule has 24 heavy (non-hydrogen) atoms. The Morgan fingerprint density at radius 2 is 1.75 bits per heavy atom. The summed E-state index contributed by atoms with van der Waals surface area (Å²) in [7, 11) is 0. The minimum atomic E-state index is 0.202. The highest BCUT2D eigenvalue weighted by molar-refractivity contribution is 5.94. The Morgan fingerprint density at radius 3 is 2.29 bits per heavy atom. The maximum atomic E-state index is 12.8. The number of carbonyl (C=O) groups is 1. The van der Waals surface area contributed by atoms with Gasteiger partial charge in [0.05, 0.1) is 0 Å². The van der Waals surface area contributed by atoms with E-state index in [0.29, 0.717) is 0 Å². The van der Waals surface area contributed by atoms with Gasteiger partial charge in [-0.05, 0) is 75.4 Å². The van der Waals surface area contributed by atoms with Gasteiger partial charge in [0.1, 0.15) is 0 Å². The Morgan fingerprint density at radius 1 is 1.12 bits per heavy atom. The van der Waals surface area contributed by atoms with Crippen LogP contribution in [0.3, 0.4) is 0 Å². The summed E-state index contributed by atoms with van der Waals surface area (Å²) in [4.78, 5) is 17.3. The average molecular weight is 329 g/mol. The lowest BCUT2D eigenvalue weighted by Crippen LogP contribution is -2.32. The fourth-order valence-electron chi connectivity index (χ4n) is 4.16. The second-order valence-electron chi connectivity index (χ2n) is 7.17. The molecular formula is C20H31N3O. The molecule has 0 spiro atoms. The Kier molecular flexibility index (Phi) is 5.77. The molecule has 0 radical (unpaired) electrons. The number of carbonyl (C=O) groups excluding carboxylic acids is 1. The van der Waals surface area contributed by atoms with E-state index in [1.54, 1.807) is 0 Å². The van der Waals surface area contributed by atoms with Crippen molar-refractivity contribution in [3.63, 3.8) is 0 Å². The molecule has 2 saturated heterocycles. The first-order chi connectivity index (χ1) is 11.7. The molecule has 4 heteroatoms. The molecule has 2 atom stereocenters. The van der Waals surface area contributed by atoms with Crippen LogP contribution in [-0.4, -0.2) is 50.1 Å². The summed E-state index contributed by atoms with van der Waals surface area (Å²) < 4.78 is 0. The number of likely N-dealkylation sites (tertiary alicyclic amines) is 1. The van der Waals surface area contributed by atoms with Gasteiger partial charge >= 0.3 is 0 Å². The number of nitrogens with zero attached hydrogens (tertiary/aromatic N) is 2. The van der Waals surface area contributed by atoms with Crippen LogP contribution in [0, 0.1) is 11.8 Å². The van der Waals surface area contributed by atoms with Gasteiger partial charge in [-0.1, -0.05) is 6.92 Å². The molecule has 2 fully saturated rings. The minimum absolute atomic E-state index is 0.202. The molecule has 2 heterocycles. The number of fused-ring (bicyclic) bond motifs is 1. The minimum Gasteiger partial charge on any atom is -0.372 e. The van der Waals surface area contributed by atoms with E-state index in [2.05, 4.69) is 41.1 Å². The van der Waals surface area contributed by atoms with Crippen LogP contribution in [0.15, 0.2) is 24.3 Å². The summed E-state index contributed by atoms with van der Waals surface area (Å²) in [5, 5.41) is 3.49. The third kappa shape index (κ3) is 3.75. The van der Waals surface area contributed by atoms with Crippen LogP contribution < -0.4 is 10.2 Å². The van der Waals surface area contributed by atoms with E-state index in [0.717, 1.165) is 75.9 Å². The first-order valence-corrected chi connectivity index (χ1v) is 9.58. The van der Waals surface area contributed by atoms with Crippen molar-refractivity contribution in [3.8, 4) is 0 Å². The lowest BCUT2D eigenvalue weighted by molar-refractivity contribution is 0.0758. The van der Waals surface area contributed by atoms with Crippen LogP contribution in [-0.2, 0) is 0 Å². The number of anilines is 1. The van der Waals surface area contributed by atoms with Crippen LogP contribution in [0.5, 0.6) is 0 Å². The van der Waals surface area contributed by atoms with Gasteiger partial charge in [-0.15, -0.1) is 0 Å². The lowest BCUT2D eigenvalue weighted by atomic mass is 9.92. The van der Waals surface area contributed by atoms with Crippen molar-refractivity contribution in [1.82, 2.24) is 10.2 Å². The van der Waals surface area contributed by atoms with Gasteiger partial charge < -0.3 is 15.1 Å². The number of benzene rings is 1. The number of rotatable bonds is 5. The molecule has 0 saturated carbocycles. The van der Waals surface area contributed by atoms with E-state index < -0.39 is 0 Å². The summed E-state index contributed by atoms with van der Waals surface area (Å²) in [6.45, 7) is 10.5. The monoisotopic (exact) mass is 329 g/mol. The Hall–Kier alpha value is -1.55. The van der Waals surface area contributed by atoms with Gasteiger partial charge in [0, 0.05) is 37.4 Å². The van der Waals surface area contributed by atoms with Crippen molar-refractivity contribution in [2.24, 2.45) is 11.8 Å². The van der Waals surface area contributed by atoms with Crippen molar-refractivity contribution in [1.29, 1.82) is 0 Å². The standard InChI is InChI=1S/C20H31N3O/c1-3-11-22(4-2)19-7-5-16(6-8-19)20(24)23-12-9-17-14-21-15-18(17)10-13-23/h5-8,17-18,21H,3-4,9-15H2,1-2H3/t17-,18+. The molecule has 4 nitrogen and oxygen atoms in total. The SMILES string of the molecule is CCCN(CC)c1ccc(C(=O)N2CC[C@@H]3CNC[C@@H]3CC2)cc1. The predicted octanol–water partition coefficient (Wildman–Crippen LogP) is 2.99. The molecule has 0 aromatic heterocycles. The Bertz CT molecular complexity index is 528. The van der Waals surface area contributed by atoms with E-state index >= 15 is 0 Å². The van der Waals surface area contributed by atoms with E-state index in [9.17, 15) is 4.79 Å². The molecule has 0 aliphatic carbocycles. The molecule has 132 valence electrons. The topological polar surface area (TPSA) is 35.6 Å². The van der Waals surface area contributed by atoms with Crippen LogP contribution >= 0.6 is 0 Å². The largest absolute Gasteiger partial charge is 0.372 e. The number of amides is 1. The zero-order valence-electron chi connectivity index (χ0n) is 15.1. The summed E-state index contributed by atoms with van der Waals surface area (Å²) in [6.07, 6.45) is 3.42. The van der Waals surface area contributed by atoms with E-state index in [4.69, 9.17) is 0 Å². The van der Waals surface area contributed by atoms with Crippen LogP contribution in [0.25, 0.3) is 0 Å². The summed E-state index contributed by atoms with van der Waals surface area (Å²) in [5.41, 5.74) is 2.05. The van der Waals surface area contributed by atoms with Gasteiger partial charge in [0.2, 0.25) is 0 Å². The maximum absolute atomic E-state index is 12.8. The second-order valence-corrected chi connectivity index (χ2v) is 7.17. The fourth-order valence-corrected chi connectivity index (χ4v) is 4.16.